The number of carbonyl (C=O) groups excluding carboxylic acids is 1. The number of amides is 1. The molecule has 0 fully saturated rings. The van der Waals surface area contributed by atoms with Gasteiger partial charge in [-0.1, -0.05) is 24.3 Å². The molecule has 2 heterocycles. The second-order valence-electron chi connectivity index (χ2n) is 5.94. The van der Waals surface area contributed by atoms with E-state index in [0.29, 0.717) is 0 Å². The van der Waals surface area contributed by atoms with E-state index < -0.39 is 0 Å². The number of benzene rings is 1. The highest BCUT2D eigenvalue weighted by molar-refractivity contribution is 5.79. The van der Waals surface area contributed by atoms with Crippen molar-refractivity contribution in [1.29, 1.82) is 0 Å². The molecule has 0 saturated carbocycles. The van der Waals surface area contributed by atoms with Gasteiger partial charge in [-0.05, 0) is 30.4 Å². The summed E-state index contributed by atoms with van der Waals surface area (Å²) >= 11 is 0. The summed E-state index contributed by atoms with van der Waals surface area (Å²) < 4.78 is 0. The van der Waals surface area contributed by atoms with Crippen LogP contribution in [0.4, 0.5) is 0 Å². The summed E-state index contributed by atoms with van der Waals surface area (Å²) in [6, 6.07) is 8.42. The van der Waals surface area contributed by atoms with Gasteiger partial charge in [0, 0.05) is 25.4 Å². The fourth-order valence-corrected chi connectivity index (χ4v) is 3.44. The third kappa shape index (κ3) is 2.22. The Morgan fingerprint density at radius 3 is 2.86 bits per heavy atom. The van der Waals surface area contributed by atoms with Crippen molar-refractivity contribution in [2.75, 3.05) is 6.54 Å². The number of hydrogen-bond acceptors (Lipinski definition) is 3. The van der Waals surface area contributed by atoms with Gasteiger partial charge in [0.05, 0.1) is 11.4 Å². The zero-order valence-corrected chi connectivity index (χ0v) is 11.9. The van der Waals surface area contributed by atoms with Crippen molar-refractivity contribution in [1.82, 2.24) is 20.3 Å². The number of H-pyrrole nitrogens is 1. The largest absolute Gasteiger partial charge is 0.338 e. The molecule has 1 aromatic carbocycles. The molecule has 21 heavy (non-hydrogen) atoms. The molecule has 1 atom stereocenters. The van der Waals surface area contributed by atoms with Crippen LogP contribution < -0.4 is 0 Å². The van der Waals surface area contributed by atoms with Crippen molar-refractivity contribution in [2.45, 2.75) is 32.2 Å². The first-order valence-corrected chi connectivity index (χ1v) is 7.55. The van der Waals surface area contributed by atoms with Crippen molar-refractivity contribution in [3.8, 4) is 0 Å². The van der Waals surface area contributed by atoms with Crippen LogP contribution in [-0.2, 0) is 30.6 Å². The molecule has 1 aliphatic carbocycles. The molecule has 4 rings (SSSR count). The standard InChI is InChI=1S/C16H18N4O/c21-16(12-5-6-14-15(9-12)18-19-17-14)20-8-7-11-3-1-2-4-13(11)10-20/h1-4,12H,5-10H2,(H,17,18,19). The van der Waals surface area contributed by atoms with E-state index in [1.165, 1.54) is 11.1 Å². The minimum absolute atomic E-state index is 0.0628. The lowest BCUT2D eigenvalue weighted by atomic mass is 9.88. The van der Waals surface area contributed by atoms with Crippen LogP contribution in [0.25, 0.3) is 0 Å². The van der Waals surface area contributed by atoms with Crippen molar-refractivity contribution in [3.63, 3.8) is 0 Å². The van der Waals surface area contributed by atoms with E-state index in [-0.39, 0.29) is 11.8 Å². The van der Waals surface area contributed by atoms with Gasteiger partial charge in [0.1, 0.15) is 0 Å². The third-order valence-electron chi connectivity index (χ3n) is 4.66. The van der Waals surface area contributed by atoms with Crippen LogP contribution in [0.1, 0.15) is 28.9 Å². The predicted molar refractivity (Wildman–Crippen MR) is 77.5 cm³/mol. The summed E-state index contributed by atoms with van der Waals surface area (Å²) in [5.74, 6) is 0.339. The fraction of sp³-hybridized carbons (Fsp3) is 0.438. The molecule has 0 radical (unpaired) electrons. The highest BCUT2D eigenvalue weighted by atomic mass is 16.2. The third-order valence-corrected chi connectivity index (χ3v) is 4.66. The van der Waals surface area contributed by atoms with Crippen LogP contribution in [0.15, 0.2) is 24.3 Å². The molecule has 0 bridgehead atoms. The molecule has 1 amide bonds. The lowest BCUT2D eigenvalue weighted by Gasteiger charge is -2.32. The summed E-state index contributed by atoms with van der Waals surface area (Å²) in [7, 11) is 0. The minimum atomic E-state index is 0.0628. The molecule has 108 valence electrons. The maximum atomic E-state index is 12.8. The number of rotatable bonds is 1. The van der Waals surface area contributed by atoms with Gasteiger partial charge in [0.2, 0.25) is 5.91 Å². The Kier molecular flexibility index (Phi) is 2.98. The van der Waals surface area contributed by atoms with E-state index in [0.717, 1.165) is 50.2 Å². The molecule has 0 spiro atoms. The maximum absolute atomic E-state index is 12.8. The molecule has 1 aliphatic heterocycles. The first-order chi connectivity index (χ1) is 10.3. The van der Waals surface area contributed by atoms with E-state index in [2.05, 4.69) is 39.7 Å². The molecule has 0 saturated heterocycles. The van der Waals surface area contributed by atoms with Gasteiger partial charge in [-0.3, -0.25) is 4.79 Å². The highest BCUT2D eigenvalue weighted by Crippen LogP contribution is 2.26. The molecule has 1 unspecified atom stereocenters. The second-order valence-corrected chi connectivity index (χ2v) is 5.94. The Balaban J connectivity index is 1.49. The molecule has 5 nitrogen and oxygen atoms in total. The summed E-state index contributed by atoms with van der Waals surface area (Å²) in [4.78, 5) is 14.8. The Hall–Kier alpha value is -2.17. The van der Waals surface area contributed by atoms with E-state index in [1.54, 1.807) is 0 Å². The maximum Gasteiger partial charge on any atom is 0.226 e. The average molecular weight is 282 g/mol. The van der Waals surface area contributed by atoms with Crippen molar-refractivity contribution >= 4 is 5.91 Å². The number of fused-ring (bicyclic) bond motifs is 2. The lowest BCUT2D eigenvalue weighted by molar-refractivity contribution is -0.136. The summed E-state index contributed by atoms with van der Waals surface area (Å²) in [5, 5.41) is 11.0. The van der Waals surface area contributed by atoms with Gasteiger partial charge in [-0.2, -0.15) is 15.4 Å². The summed E-state index contributed by atoms with van der Waals surface area (Å²) in [6.07, 6.45) is 3.43. The van der Waals surface area contributed by atoms with Gasteiger partial charge in [0.25, 0.3) is 0 Å². The number of hydrogen-bond donors (Lipinski definition) is 1. The summed E-state index contributed by atoms with van der Waals surface area (Å²) in [6.45, 7) is 1.58. The second kappa shape index (κ2) is 4.98. The predicted octanol–water partition coefficient (Wildman–Crippen LogP) is 1.49. The quantitative estimate of drug-likeness (QED) is 0.862. The Morgan fingerprint density at radius 2 is 1.95 bits per heavy atom. The molecule has 2 aliphatic rings. The van der Waals surface area contributed by atoms with Crippen LogP contribution in [0, 0.1) is 5.92 Å². The van der Waals surface area contributed by atoms with Gasteiger partial charge in [-0.25, -0.2) is 0 Å². The summed E-state index contributed by atoms with van der Waals surface area (Å²) in [5.41, 5.74) is 4.67. The normalized spacial score (nSPS) is 20.8. The molecular formula is C16H18N4O. The molecule has 2 aromatic rings. The zero-order valence-electron chi connectivity index (χ0n) is 11.9. The topological polar surface area (TPSA) is 61.9 Å². The van der Waals surface area contributed by atoms with Crippen molar-refractivity contribution < 1.29 is 4.79 Å². The van der Waals surface area contributed by atoms with Gasteiger partial charge < -0.3 is 4.90 Å². The molecule has 1 aromatic heterocycles. The van der Waals surface area contributed by atoms with E-state index in [4.69, 9.17) is 0 Å². The molecule has 5 heteroatoms. The smallest absolute Gasteiger partial charge is 0.226 e. The van der Waals surface area contributed by atoms with Crippen LogP contribution in [0.3, 0.4) is 0 Å². The van der Waals surface area contributed by atoms with E-state index >= 15 is 0 Å². The Morgan fingerprint density at radius 1 is 1.14 bits per heavy atom. The number of aromatic amines is 1. The van der Waals surface area contributed by atoms with E-state index in [9.17, 15) is 4.79 Å². The Bertz CT molecular complexity index is 678. The van der Waals surface area contributed by atoms with Crippen LogP contribution >= 0.6 is 0 Å². The number of aromatic nitrogens is 3. The minimum Gasteiger partial charge on any atom is -0.338 e. The first-order valence-electron chi connectivity index (χ1n) is 7.55. The highest BCUT2D eigenvalue weighted by Gasteiger charge is 2.31. The van der Waals surface area contributed by atoms with Crippen molar-refractivity contribution in [3.05, 3.63) is 46.8 Å². The number of aryl methyl sites for hydroxylation is 1. The Labute approximate surface area is 123 Å². The SMILES string of the molecule is O=C(C1CCc2n[nH]nc2C1)N1CCc2ccccc2C1. The zero-order chi connectivity index (χ0) is 14.2. The average Bonchev–Trinajstić information content (AvgIpc) is 3.01. The number of carbonyl (C=O) groups is 1. The first kappa shape index (κ1) is 12.6. The van der Waals surface area contributed by atoms with Gasteiger partial charge in [0.15, 0.2) is 0 Å². The van der Waals surface area contributed by atoms with Crippen LogP contribution in [0.5, 0.6) is 0 Å². The lowest BCUT2D eigenvalue weighted by Crippen LogP contribution is -2.41. The van der Waals surface area contributed by atoms with Crippen LogP contribution in [0.2, 0.25) is 0 Å². The molecule has 1 N–H and O–H groups in total. The van der Waals surface area contributed by atoms with Gasteiger partial charge in [-0.15, -0.1) is 0 Å². The van der Waals surface area contributed by atoms with Crippen LogP contribution in [-0.4, -0.2) is 32.8 Å². The fourth-order valence-electron chi connectivity index (χ4n) is 3.44. The van der Waals surface area contributed by atoms with Gasteiger partial charge >= 0.3 is 0 Å². The number of nitrogens with one attached hydrogen (secondary N) is 1. The van der Waals surface area contributed by atoms with E-state index in [1.807, 2.05) is 4.90 Å². The molecular weight excluding hydrogens is 264 g/mol. The van der Waals surface area contributed by atoms with Crippen molar-refractivity contribution in [2.24, 2.45) is 5.92 Å². The monoisotopic (exact) mass is 282 g/mol. The number of nitrogens with zero attached hydrogens (tertiary/aromatic N) is 3.